The SMILES string of the molecule is O=C(O)c1ccc(Nc2ccc(-n3cccn3)cc2)c([N+](=O)[O-])c1. The normalized spacial score (nSPS) is 10.3. The molecule has 0 aliphatic carbocycles. The number of nitrogens with one attached hydrogen (secondary N) is 1. The molecule has 0 saturated heterocycles. The van der Waals surface area contributed by atoms with Gasteiger partial charge >= 0.3 is 5.97 Å². The van der Waals surface area contributed by atoms with E-state index in [4.69, 9.17) is 5.11 Å². The molecule has 0 atom stereocenters. The molecular formula is C16H12N4O4. The molecule has 0 unspecified atom stereocenters. The molecule has 0 aliphatic rings. The molecule has 0 fully saturated rings. The number of nitro groups is 1. The van der Waals surface area contributed by atoms with Crippen molar-refractivity contribution in [3.63, 3.8) is 0 Å². The highest BCUT2D eigenvalue weighted by Crippen LogP contribution is 2.29. The largest absolute Gasteiger partial charge is 0.478 e. The molecule has 3 aromatic rings. The van der Waals surface area contributed by atoms with Crippen LogP contribution in [0.2, 0.25) is 0 Å². The fraction of sp³-hybridized carbons (Fsp3) is 0. The topological polar surface area (TPSA) is 110 Å². The van der Waals surface area contributed by atoms with Crippen LogP contribution in [0.15, 0.2) is 60.9 Å². The maximum atomic E-state index is 11.2. The number of carboxylic acids is 1. The van der Waals surface area contributed by atoms with Crippen LogP contribution in [0.1, 0.15) is 10.4 Å². The number of aromatic carboxylic acids is 1. The molecule has 0 radical (unpaired) electrons. The van der Waals surface area contributed by atoms with E-state index < -0.39 is 10.9 Å². The van der Waals surface area contributed by atoms with E-state index in [1.807, 2.05) is 12.1 Å². The molecule has 2 N–H and O–H groups in total. The number of rotatable bonds is 5. The third-order valence-corrected chi connectivity index (χ3v) is 3.36. The Balaban J connectivity index is 1.88. The maximum absolute atomic E-state index is 11.2. The first-order chi connectivity index (χ1) is 11.5. The van der Waals surface area contributed by atoms with Gasteiger partial charge in [0.05, 0.1) is 16.2 Å². The van der Waals surface area contributed by atoms with Crippen LogP contribution in [0.25, 0.3) is 5.69 Å². The smallest absolute Gasteiger partial charge is 0.335 e. The molecule has 8 nitrogen and oxygen atoms in total. The Morgan fingerprint density at radius 3 is 2.54 bits per heavy atom. The summed E-state index contributed by atoms with van der Waals surface area (Å²) in [4.78, 5) is 21.5. The molecule has 8 heteroatoms. The lowest BCUT2D eigenvalue weighted by Crippen LogP contribution is -2.02. The average molecular weight is 324 g/mol. The Hall–Kier alpha value is -3.68. The van der Waals surface area contributed by atoms with Gasteiger partial charge in [-0.2, -0.15) is 5.10 Å². The minimum atomic E-state index is -1.21. The summed E-state index contributed by atoms with van der Waals surface area (Å²) in [5.41, 5.74) is 1.27. The van der Waals surface area contributed by atoms with Gasteiger partial charge in [0.25, 0.3) is 5.69 Å². The fourth-order valence-corrected chi connectivity index (χ4v) is 2.20. The summed E-state index contributed by atoms with van der Waals surface area (Å²) in [6, 6.07) is 12.7. The number of carboxylic acid groups (broad SMARTS) is 1. The zero-order valence-electron chi connectivity index (χ0n) is 12.3. The number of nitro benzene ring substituents is 1. The predicted molar refractivity (Wildman–Crippen MR) is 86.9 cm³/mol. The second-order valence-corrected chi connectivity index (χ2v) is 4.92. The molecule has 0 amide bonds. The number of benzene rings is 2. The van der Waals surface area contributed by atoms with E-state index in [2.05, 4.69) is 10.4 Å². The van der Waals surface area contributed by atoms with E-state index in [1.165, 1.54) is 12.1 Å². The minimum absolute atomic E-state index is 0.138. The fourth-order valence-electron chi connectivity index (χ4n) is 2.20. The quantitative estimate of drug-likeness (QED) is 0.550. The molecule has 0 saturated carbocycles. The van der Waals surface area contributed by atoms with Crippen LogP contribution in [0.4, 0.5) is 17.1 Å². The average Bonchev–Trinajstić information content (AvgIpc) is 3.10. The highest BCUT2D eigenvalue weighted by Gasteiger charge is 2.17. The van der Waals surface area contributed by atoms with Crippen LogP contribution in [-0.2, 0) is 0 Å². The number of nitrogens with zero attached hydrogens (tertiary/aromatic N) is 3. The molecule has 1 aromatic heterocycles. The monoisotopic (exact) mass is 324 g/mol. The number of carbonyl (C=O) groups is 1. The van der Waals surface area contributed by atoms with E-state index in [1.54, 1.807) is 35.3 Å². The van der Waals surface area contributed by atoms with Crippen molar-refractivity contribution in [3.8, 4) is 5.69 Å². The second kappa shape index (κ2) is 6.21. The molecule has 120 valence electrons. The number of hydrogen-bond acceptors (Lipinski definition) is 5. The van der Waals surface area contributed by atoms with Gasteiger partial charge in [-0.15, -0.1) is 0 Å². The first-order valence-electron chi connectivity index (χ1n) is 6.93. The summed E-state index contributed by atoms with van der Waals surface area (Å²) < 4.78 is 1.69. The van der Waals surface area contributed by atoms with Crippen molar-refractivity contribution in [2.45, 2.75) is 0 Å². The molecule has 2 aromatic carbocycles. The Bertz CT molecular complexity index is 889. The number of aromatic nitrogens is 2. The van der Waals surface area contributed by atoms with Gasteiger partial charge in [0, 0.05) is 24.1 Å². The van der Waals surface area contributed by atoms with Crippen molar-refractivity contribution in [1.82, 2.24) is 9.78 Å². The molecule has 0 spiro atoms. The lowest BCUT2D eigenvalue weighted by molar-refractivity contribution is -0.383. The van der Waals surface area contributed by atoms with Crippen LogP contribution in [0, 0.1) is 10.1 Å². The summed E-state index contributed by atoms with van der Waals surface area (Å²) in [6.45, 7) is 0. The van der Waals surface area contributed by atoms with Gasteiger partial charge in [0.15, 0.2) is 0 Å². The summed E-state index contributed by atoms with van der Waals surface area (Å²) in [5.74, 6) is -1.21. The molecule has 0 bridgehead atoms. The van der Waals surface area contributed by atoms with Gasteiger partial charge in [-0.25, -0.2) is 9.48 Å². The maximum Gasteiger partial charge on any atom is 0.335 e. The predicted octanol–water partition coefficient (Wildman–Crippen LogP) is 3.22. The lowest BCUT2D eigenvalue weighted by atomic mass is 10.1. The van der Waals surface area contributed by atoms with Crippen LogP contribution in [0.3, 0.4) is 0 Å². The molecule has 0 aliphatic heterocycles. The van der Waals surface area contributed by atoms with Gasteiger partial charge < -0.3 is 10.4 Å². The van der Waals surface area contributed by atoms with E-state index in [0.29, 0.717) is 5.69 Å². The van der Waals surface area contributed by atoms with Gasteiger partial charge in [-0.05, 0) is 42.5 Å². The second-order valence-electron chi connectivity index (χ2n) is 4.92. The van der Waals surface area contributed by atoms with Crippen LogP contribution in [0.5, 0.6) is 0 Å². The standard InChI is InChI=1S/C16H12N4O4/c21-16(22)11-2-7-14(15(10-11)20(23)24)18-12-3-5-13(6-4-12)19-9-1-8-17-19/h1-10,18H,(H,21,22). The Kier molecular flexibility index (Phi) is 3.94. The highest BCUT2D eigenvalue weighted by molar-refractivity contribution is 5.90. The molecule has 3 rings (SSSR count). The number of anilines is 2. The molecular weight excluding hydrogens is 312 g/mol. The van der Waals surface area contributed by atoms with Gasteiger partial charge in [-0.1, -0.05) is 0 Å². The third kappa shape index (κ3) is 3.07. The van der Waals surface area contributed by atoms with Gasteiger partial charge in [-0.3, -0.25) is 10.1 Å². The van der Waals surface area contributed by atoms with E-state index in [9.17, 15) is 14.9 Å². The minimum Gasteiger partial charge on any atom is -0.478 e. The highest BCUT2D eigenvalue weighted by atomic mass is 16.6. The Labute approximate surface area is 136 Å². The third-order valence-electron chi connectivity index (χ3n) is 3.36. The molecule has 1 heterocycles. The number of hydrogen-bond donors (Lipinski definition) is 2. The van der Waals surface area contributed by atoms with Crippen molar-refractivity contribution in [2.24, 2.45) is 0 Å². The molecule has 24 heavy (non-hydrogen) atoms. The van der Waals surface area contributed by atoms with Crippen molar-refractivity contribution < 1.29 is 14.8 Å². The van der Waals surface area contributed by atoms with Crippen LogP contribution < -0.4 is 5.32 Å². The van der Waals surface area contributed by atoms with E-state index >= 15 is 0 Å². The van der Waals surface area contributed by atoms with E-state index in [-0.39, 0.29) is 16.9 Å². The first-order valence-corrected chi connectivity index (χ1v) is 6.93. The van der Waals surface area contributed by atoms with Crippen molar-refractivity contribution >= 4 is 23.0 Å². The van der Waals surface area contributed by atoms with Crippen molar-refractivity contribution in [3.05, 3.63) is 76.6 Å². The Morgan fingerprint density at radius 1 is 1.21 bits per heavy atom. The van der Waals surface area contributed by atoms with Gasteiger partial charge in [0.2, 0.25) is 0 Å². The summed E-state index contributed by atoms with van der Waals surface area (Å²) in [6.07, 6.45) is 3.47. The zero-order chi connectivity index (χ0) is 17.1. The summed E-state index contributed by atoms with van der Waals surface area (Å²) >= 11 is 0. The lowest BCUT2D eigenvalue weighted by Gasteiger charge is -2.09. The zero-order valence-corrected chi connectivity index (χ0v) is 12.3. The van der Waals surface area contributed by atoms with Crippen LogP contribution in [-0.4, -0.2) is 25.8 Å². The Morgan fingerprint density at radius 2 is 1.96 bits per heavy atom. The van der Waals surface area contributed by atoms with Crippen molar-refractivity contribution in [1.29, 1.82) is 0 Å². The summed E-state index contributed by atoms with van der Waals surface area (Å²) in [5, 5.41) is 27.1. The van der Waals surface area contributed by atoms with Crippen LogP contribution >= 0.6 is 0 Å². The first kappa shape index (κ1) is 15.2. The van der Waals surface area contributed by atoms with Gasteiger partial charge in [0.1, 0.15) is 5.69 Å². The van der Waals surface area contributed by atoms with E-state index in [0.717, 1.165) is 11.8 Å². The van der Waals surface area contributed by atoms with Crippen molar-refractivity contribution in [2.75, 3.05) is 5.32 Å². The summed E-state index contributed by atoms with van der Waals surface area (Å²) in [7, 11) is 0.